The van der Waals surface area contributed by atoms with E-state index in [1.54, 1.807) is 0 Å². The Kier molecular flexibility index (Phi) is 3.65. The maximum atomic E-state index is 12.8. The molecule has 5 heteroatoms. The van der Waals surface area contributed by atoms with E-state index in [2.05, 4.69) is 10.2 Å². The molecule has 23 heavy (non-hydrogen) atoms. The number of aromatic nitrogens is 2. The second-order valence-corrected chi connectivity index (χ2v) is 6.54. The average Bonchev–Trinajstić information content (AvgIpc) is 3.32. The van der Waals surface area contributed by atoms with Gasteiger partial charge in [-0.1, -0.05) is 30.3 Å². The van der Waals surface area contributed by atoms with E-state index in [4.69, 9.17) is 4.74 Å². The van der Waals surface area contributed by atoms with Crippen molar-refractivity contribution in [2.45, 2.75) is 37.9 Å². The zero-order valence-corrected chi connectivity index (χ0v) is 13.2. The number of carbonyl (C=O) groups excluding carboxylic acids is 1. The molecule has 2 aromatic rings. The summed E-state index contributed by atoms with van der Waals surface area (Å²) < 4.78 is 6.02. The second-order valence-electron chi connectivity index (χ2n) is 6.54. The van der Waals surface area contributed by atoms with Gasteiger partial charge in [0, 0.05) is 18.2 Å². The van der Waals surface area contributed by atoms with Gasteiger partial charge in [0.05, 0.1) is 12.6 Å². The van der Waals surface area contributed by atoms with Crippen molar-refractivity contribution in [2.24, 2.45) is 0 Å². The van der Waals surface area contributed by atoms with Gasteiger partial charge in [0.2, 0.25) is 0 Å². The Balaban J connectivity index is 1.51. The first kappa shape index (κ1) is 14.5. The number of H-pyrrole nitrogens is 1. The van der Waals surface area contributed by atoms with Gasteiger partial charge in [-0.3, -0.25) is 9.89 Å². The molecular weight excluding hydrogens is 290 g/mol. The summed E-state index contributed by atoms with van der Waals surface area (Å²) in [6.07, 6.45) is 2.33. The summed E-state index contributed by atoms with van der Waals surface area (Å²) in [5.41, 5.74) is 2.72. The van der Waals surface area contributed by atoms with Crippen LogP contribution in [0.3, 0.4) is 0 Å². The largest absolute Gasteiger partial charge is 0.367 e. The molecule has 0 radical (unpaired) electrons. The van der Waals surface area contributed by atoms with Crippen molar-refractivity contribution in [2.75, 3.05) is 13.1 Å². The van der Waals surface area contributed by atoms with E-state index < -0.39 is 0 Å². The van der Waals surface area contributed by atoms with Gasteiger partial charge >= 0.3 is 0 Å². The number of aromatic amines is 1. The molecule has 1 amide bonds. The highest BCUT2D eigenvalue weighted by Gasteiger charge is 2.32. The summed E-state index contributed by atoms with van der Waals surface area (Å²) in [5.74, 6) is 0.564. The van der Waals surface area contributed by atoms with Crippen molar-refractivity contribution in [1.82, 2.24) is 15.1 Å². The third-order valence-corrected chi connectivity index (χ3v) is 4.55. The van der Waals surface area contributed by atoms with Crippen LogP contribution in [0.25, 0.3) is 0 Å². The van der Waals surface area contributed by atoms with E-state index in [9.17, 15) is 4.79 Å². The third kappa shape index (κ3) is 3.01. The minimum absolute atomic E-state index is 0.00997. The maximum Gasteiger partial charge on any atom is 0.274 e. The lowest BCUT2D eigenvalue weighted by Gasteiger charge is -2.36. The van der Waals surface area contributed by atoms with E-state index in [0.29, 0.717) is 24.7 Å². The van der Waals surface area contributed by atoms with Crippen LogP contribution in [0.1, 0.15) is 53.5 Å². The second kappa shape index (κ2) is 5.81. The van der Waals surface area contributed by atoms with E-state index >= 15 is 0 Å². The molecule has 2 heterocycles. The molecule has 2 aliphatic rings. The Hall–Kier alpha value is -2.14. The Bertz CT molecular complexity index is 693. The van der Waals surface area contributed by atoms with Crippen LogP contribution in [-0.2, 0) is 4.74 Å². The van der Waals surface area contributed by atoms with Gasteiger partial charge in [-0.05, 0) is 31.4 Å². The number of hydrogen-bond acceptors (Lipinski definition) is 3. The molecule has 1 N–H and O–H groups in total. The van der Waals surface area contributed by atoms with Crippen LogP contribution in [0.5, 0.6) is 0 Å². The number of hydrogen-bond donors (Lipinski definition) is 1. The highest BCUT2D eigenvalue weighted by atomic mass is 16.5. The molecule has 1 aromatic carbocycles. The summed E-state index contributed by atoms with van der Waals surface area (Å²) in [6, 6.07) is 12.0. The van der Waals surface area contributed by atoms with Gasteiger partial charge in [0.1, 0.15) is 11.8 Å². The van der Waals surface area contributed by atoms with Crippen LogP contribution >= 0.6 is 0 Å². The first-order chi connectivity index (χ1) is 11.2. The van der Waals surface area contributed by atoms with Gasteiger partial charge in [-0.25, -0.2) is 0 Å². The molecule has 1 aliphatic heterocycles. The predicted molar refractivity (Wildman–Crippen MR) is 86.2 cm³/mol. The van der Waals surface area contributed by atoms with Crippen molar-refractivity contribution in [3.8, 4) is 0 Å². The molecule has 1 aliphatic carbocycles. The zero-order chi connectivity index (χ0) is 15.8. The molecule has 0 spiro atoms. The summed E-state index contributed by atoms with van der Waals surface area (Å²) in [6.45, 7) is 3.18. The van der Waals surface area contributed by atoms with Gasteiger partial charge < -0.3 is 9.64 Å². The number of ether oxygens (including phenoxy) is 1. The Morgan fingerprint density at radius 1 is 1.26 bits per heavy atom. The van der Waals surface area contributed by atoms with Crippen LogP contribution in [-0.4, -0.2) is 40.2 Å². The standard InChI is InChI=1S/C18H21N3O2/c1-12-10-21(11-17(23-12)14-5-3-2-4-6-14)18(22)16-9-15(19-20-16)13-7-8-13/h2-6,9,12-13,17H,7-8,10-11H2,1H3,(H,19,20)/t12-,17+/m1/s1. The lowest BCUT2D eigenvalue weighted by Crippen LogP contribution is -2.46. The molecule has 2 fully saturated rings. The fourth-order valence-corrected chi connectivity index (χ4v) is 3.18. The number of nitrogens with zero attached hydrogens (tertiary/aromatic N) is 2. The number of morpholine rings is 1. The zero-order valence-electron chi connectivity index (χ0n) is 13.2. The van der Waals surface area contributed by atoms with Gasteiger partial charge in [0.15, 0.2) is 0 Å². The number of benzene rings is 1. The van der Waals surface area contributed by atoms with E-state index in [-0.39, 0.29) is 18.1 Å². The Morgan fingerprint density at radius 3 is 2.78 bits per heavy atom. The average molecular weight is 311 g/mol. The molecule has 0 bridgehead atoms. The number of amides is 1. The summed E-state index contributed by atoms with van der Waals surface area (Å²) in [4.78, 5) is 14.6. The van der Waals surface area contributed by atoms with E-state index in [0.717, 1.165) is 11.3 Å². The van der Waals surface area contributed by atoms with Crippen molar-refractivity contribution in [3.05, 3.63) is 53.3 Å². The predicted octanol–water partition coefficient (Wildman–Crippen LogP) is 2.89. The first-order valence-electron chi connectivity index (χ1n) is 8.25. The normalized spacial score (nSPS) is 24.7. The van der Waals surface area contributed by atoms with Crippen LogP contribution in [0, 0.1) is 0 Å². The maximum absolute atomic E-state index is 12.8. The Labute approximate surface area is 135 Å². The molecule has 120 valence electrons. The molecule has 2 atom stereocenters. The highest BCUT2D eigenvalue weighted by Crippen LogP contribution is 2.39. The van der Waals surface area contributed by atoms with Gasteiger partial charge in [-0.2, -0.15) is 5.10 Å². The summed E-state index contributed by atoms with van der Waals surface area (Å²) in [7, 11) is 0. The molecule has 1 saturated carbocycles. The summed E-state index contributed by atoms with van der Waals surface area (Å²) in [5, 5.41) is 7.23. The topological polar surface area (TPSA) is 58.2 Å². The number of rotatable bonds is 3. The lowest BCUT2D eigenvalue weighted by atomic mass is 10.1. The van der Waals surface area contributed by atoms with Crippen molar-refractivity contribution < 1.29 is 9.53 Å². The molecular formula is C18H21N3O2. The number of nitrogens with one attached hydrogen (secondary N) is 1. The molecule has 0 unspecified atom stereocenters. The first-order valence-corrected chi connectivity index (χ1v) is 8.25. The minimum Gasteiger partial charge on any atom is -0.367 e. The summed E-state index contributed by atoms with van der Waals surface area (Å²) >= 11 is 0. The Morgan fingerprint density at radius 2 is 2.04 bits per heavy atom. The van der Waals surface area contributed by atoms with E-state index in [1.807, 2.05) is 48.2 Å². The lowest BCUT2D eigenvalue weighted by molar-refractivity contribution is -0.0692. The van der Waals surface area contributed by atoms with Crippen LogP contribution in [0.2, 0.25) is 0 Å². The minimum atomic E-state index is -0.0780. The van der Waals surface area contributed by atoms with Gasteiger partial charge in [0.25, 0.3) is 5.91 Å². The van der Waals surface area contributed by atoms with Crippen LogP contribution < -0.4 is 0 Å². The van der Waals surface area contributed by atoms with Crippen molar-refractivity contribution >= 4 is 5.91 Å². The third-order valence-electron chi connectivity index (χ3n) is 4.55. The monoisotopic (exact) mass is 311 g/mol. The van der Waals surface area contributed by atoms with Crippen LogP contribution in [0.15, 0.2) is 36.4 Å². The van der Waals surface area contributed by atoms with Gasteiger partial charge in [-0.15, -0.1) is 0 Å². The van der Waals surface area contributed by atoms with Crippen molar-refractivity contribution in [1.29, 1.82) is 0 Å². The quantitative estimate of drug-likeness (QED) is 0.948. The SMILES string of the molecule is C[C@@H]1CN(C(=O)c2cc(C3CC3)[nH]n2)C[C@@H](c2ccccc2)O1. The molecule has 4 rings (SSSR count). The fraction of sp³-hybridized carbons (Fsp3) is 0.444. The smallest absolute Gasteiger partial charge is 0.274 e. The van der Waals surface area contributed by atoms with E-state index in [1.165, 1.54) is 12.8 Å². The molecule has 1 aromatic heterocycles. The number of carbonyl (C=O) groups is 1. The fourth-order valence-electron chi connectivity index (χ4n) is 3.18. The molecule has 5 nitrogen and oxygen atoms in total. The van der Waals surface area contributed by atoms with Crippen molar-refractivity contribution in [3.63, 3.8) is 0 Å². The molecule has 1 saturated heterocycles. The highest BCUT2D eigenvalue weighted by molar-refractivity contribution is 5.92. The van der Waals surface area contributed by atoms with Crippen LogP contribution in [0.4, 0.5) is 0 Å².